The van der Waals surface area contributed by atoms with E-state index in [0.29, 0.717) is 12.2 Å². The van der Waals surface area contributed by atoms with E-state index in [2.05, 4.69) is 15.5 Å². The van der Waals surface area contributed by atoms with Crippen LogP contribution in [0.4, 0.5) is 11.4 Å². The highest BCUT2D eigenvalue weighted by Gasteiger charge is 2.14. The number of rotatable bonds is 4. The van der Waals surface area contributed by atoms with Crippen molar-refractivity contribution in [3.8, 4) is 0 Å². The van der Waals surface area contributed by atoms with Crippen LogP contribution in [0.2, 0.25) is 0 Å². The monoisotopic (exact) mass is 351 g/mol. The number of piperidine rings is 1. The largest absolute Gasteiger partial charge is 0.372 e. The topological polar surface area (TPSA) is 61.4 Å². The zero-order valence-electron chi connectivity index (χ0n) is 15.1. The Morgan fingerprint density at radius 2 is 1.54 bits per heavy atom. The molecular formula is C21H25N3O2. The molecule has 1 aliphatic heterocycles. The Morgan fingerprint density at radius 3 is 2.19 bits per heavy atom. The molecule has 1 fully saturated rings. The summed E-state index contributed by atoms with van der Waals surface area (Å²) >= 11 is 0. The summed E-state index contributed by atoms with van der Waals surface area (Å²) in [4.78, 5) is 26.4. The summed E-state index contributed by atoms with van der Waals surface area (Å²) in [6.07, 6.45) is 3.74. The van der Waals surface area contributed by atoms with Gasteiger partial charge in [0, 0.05) is 31.0 Å². The smallest absolute Gasteiger partial charge is 0.313 e. The number of aryl methyl sites for hydroxylation is 1. The number of carbonyl (C=O) groups is 2. The standard InChI is InChI=1S/C21H25N3O2/c1-16-5-7-17(8-6-16)15-22-20(25)21(26)23-18-9-11-19(12-10-18)24-13-3-2-4-14-24/h5-12H,2-4,13-15H2,1H3,(H,22,25)(H,23,26). The Hall–Kier alpha value is -2.82. The average molecular weight is 351 g/mol. The van der Waals surface area contributed by atoms with Crippen LogP contribution in [0.1, 0.15) is 30.4 Å². The van der Waals surface area contributed by atoms with Crippen LogP contribution in [0.25, 0.3) is 0 Å². The molecule has 2 aromatic rings. The van der Waals surface area contributed by atoms with Crippen LogP contribution in [-0.2, 0) is 16.1 Å². The van der Waals surface area contributed by atoms with Crippen molar-refractivity contribution < 1.29 is 9.59 Å². The molecule has 0 spiro atoms. The van der Waals surface area contributed by atoms with E-state index < -0.39 is 11.8 Å². The highest BCUT2D eigenvalue weighted by Crippen LogP contribution is 2.21. The molecule has 0 unspecified atom stereocenters. The normalized spacial score (nSPS) is 14.0. The van der Waals surface area contributed by atoms with Gasteiger partial charge in [-0.2, -0.15) is 0 Å². The maximum Gasteiger partial charge on any atom is 0.313 e. The fourth-order valence-electron chi connectivity index (χ4n) is 3.06. The minimum absolute atomic E-state index is 0.334. The summed E-state index contributed by atoms with van der Waals surface area (Å²) in [5, 5.41) is 5.29. The van der Waals surface area contributed by atoms with E-state index in [1.165, 1.54) is 19.3 Å². The van der Waals surface area contributed by atoms with Gasteiger partial charge in [0.15, 0.2) is 0 Å². The summed E-state index contributed by atoms with van der Waals surface area (Å²) in [6.45, 7) is 4.49. The van der Waals surface area contributed by atoms with Crippen molar-refractivity contribution in [3.05, 3.63) is 59.7 Å². The van der Waals surface area contributed by atoms with Gasteiger partial charge in [0.1, 0.15) is 0 Å². The fraction of sp³-hybridized carbons (Fsp3) is 0.333. The van der Waals surface area contributed by atoms with Gasteiger partial charge in [-0.25, -0.2) is 0 Å². The minimum Gasteiger partial charge on any atom is -0.372 e. The van der Waals surface area contributed by atoms with Gasteiger partial charge in [0.2, 0.25) is 0 Å². The molecule has 5 heteroatoms. The summed E-state index contributed by atoms with van der Waals surface area (Å²) < 4.78 is 0. The molecule has 3 rings (SSSR count). The quantitative estimate of drug-likeness (QED) is 0.832. The van der Waals surface area contributed by atoms with Crippen molar-refractivity contribution in [2.24, 2.45) is 0 Å². The third-order valence-electron chi connectivity index (χ3n) is 4.63. The minimum atomic E-state index is -0.650. The van der Waals surface area contributed by atoms with Crippen LogP contribution in [0.5, 0.6) is 0 Å². The summed E-state index contributed by atoms with van der Waals surface area (Å²) in [6, 6.07) is 15.5. The van der Waals surface area contributed by atoms with E-state index in [-0.39, 0.29) is 0 Å². The van der Waals surface area contributed by atoms with Crippen LogP contribution in [0, 0.1) is 6.92 Å². The highest BCUT2D eigenvalue weighted by molar-refractivity contribution is 6.39. The predicted octanol–water partition coefficient (Wildman–Crippen LogP) is 3.24. The van der Waals surface area contributed by atoms with Crippen LogP contribution in [0.15, 0.2) is 48.5 Å². The molecule has 5 nitrogen and oxygen atoms in total. The van der Waals surface area contributed by atoms with E-state index in [4.69, 9.17) is 0 Å². The van der Waals surface area contributed by atoms with Crippen molar-refractivity contribution in [1.29, 1.82) is 0 Å². The van der Waals surface area contributed by atoms with E-state index in [1.807, 2.05) is 55.5 Å². The molecule has 2 amide bonds. The SMILES string of the molecule is Cc1ccc(CNC(=O)C(=O)Nc2ccc(N3CCCCC3)cc2)cc1. The predicted molar refractivity (Wildman–Crippen MR) is 104 cm³/mol. The third-order valence-corrected chi connectivity index (χ3v) is 4.63. The van der Waals surface area contributed by atoms with Gasteiger partial charge in [-0.3, -0.25) is 9.59 Å². The van der Waals surface area contributed by atoms with Crippen molar-refractivity contribution >= 4 is 23.2 Å². The first-order valence-corrected chi connectivity index (χ1v) is 9.11. The van der Waals surface area contributed by atoms with Gasteiger partial charge in [0.25, 0.3) is 0 Å². The van der Waals surface area contributed by atoms with Crippen LogP contribution in [0.3, 0.4) is 0 Å². The summed E-state index contributed by atoms with van der Waals surface area (Å²) in [7, 11) is 0. The Kier molecular flexibility index (Phi) is 5.89. The lowest BCUT2D eigenvalue weighted by Gasteiger charge is -2.28. The van der Waals surface area contributed by atoms with Gasteiger partial charge in [0.05, 0.1) is 0 Å². The Balaban J connectivity index is 1.50. The molecule has 0 bridgehead atoms. The lowest BCUT2D eigenvalue weighted by Crippen LogP contribution is -2.35. The zero-order chi connectivity index (χ0) is 18.4. The van der Waals surface area contributed by atoms with E-state index >= 15 is 0 Å². The third kappa shape index (κ3) is 4.85. The molecule has 0 radical (unpaired) electrons. The van der Waals surface area contributed by atoms with Crippen LogP contribution >= 0.6 is 0 Å². The Labute approximate surface area is 154 Å². The number of hydrogen-bond acceptors (Lipinski definition) is 3. The summed E-state index contributed by atoms with van der Waals surface area (Å²) in [5.74, 6) is -1.28. The number of hydrogen-bond donors (Lipinski definition) is 2. The van der Waals surface area contributed by atoms with E-state index in [1.54, 1.807) is 0 Å². The first-order chi connectivity index (χ1) is 12.6. The molecule has 0 aliphatic carbocycles. The Bertz CT molecular complexity index is 748. The van der Waals surface area contributed by atoms with E-state index in [0.717, 1.165) is 29.9 Å². The molecule has 136 valence electrons. The first-order valence-electron chi connectivity index (χ1n) is 9.11. The fourth-order valence-corrected chi connectivity index (χ4v) is 3.06. The van der Waals surface area contributed by atoms with Gasteiger partial charge in [-0.1, -0.05) is 29.8 Å². The lowest BCUT2D eigenvalue weighted by molar-refractivity contribution is -0.136. The lowest BCUT2D eigenvalue weighted by atomic mass is 10.1. The van der Waals surface area contributed by atoms with Crippen molar-refractivity contribution in [2.45, 2.75) is 32.7 Å². The van der Waals surface area contributed by atoms with Crippen molar-refractivity contribution in [3.63, 3.8) is 0 Å². The molecule has 2 aromatic carbocycles. The summed E-state index contributed by atoms with van der Waals surface area (Å²) in [5.41, 5.74) is 3.90. The zero-order valence-corrected chi connectivity index (χ0v) is 15.1. The molecule has 2 N–H and O–H groups in total. The second-order valence-corrected chi connectivity index (χ2v) is 6.72. The molecule has 0 aromatic heterocycles. The average Bonchev–Trinajstić information content (AvgIpc) is 2.68. The molecule has 1 heterocycles. The van der Waals surface area contributed by atoms with E-state index in [9.17, 15) is 9.59 Å². The molecule has 0 atom stereocenters. The molecular weight excluding hydrogens is 326 g/mol. The number of anilines is 2. The van der Waals surface area contributed by atoms with Crippen LogP contribution in [-0.4, -0.2) is 24.9 Å². The molecule has 1 aliphatic rings. The number of nitrogens with zero attached hydrogens (tertiary/aromatic N) is 1. The number of benzene rings is 2. The molecule has 26 heavy (non-hydrogen) atoms. The van der Waals surface area contributed by atoms with Crippen molar-refractivity contribution in [1.82, 2.24) is 5.32 Å². The van der Waals surface area contributed by atoms with Gasteiger partial charge in [-0.15, -0.1) is 0 Å². The number of carbonyl (C=O) groups excluding carboxylic acids is 2. The number of amides is 2. The van der Waals surface area contributed by atoms with Crippen molar-refractivity contribution in [2.75, 3.05) is 23.3 Å². The highest BCUT2D eigenvalue weighted by atomic mass is 16.2. The van der Waals surface area contributed by atoms with Gasteiger partial charge >= 0.3 is 11.8 Å². The Morgan fingerprint density at radius 1 is 0.885 bits per heavy atom. The maximum atomic E-state index is 12.0. The van der Waals surface area contributed by atoms with Crippen LogP contribution < -0.4 is 15.5 Å². The maximum absolute atomic E-state index is 12.0. The second kappa shape index (κ2) is 8.52. The molecule has 0 saturated carbocycles. The number of nitrogens with one attached hydrogen (secondary N) is 2. The van der Waals surface area contributed by atoms with Gasteiger partial charge in [-0.05, 0) is 56.0 Å². The second-order valence-electron chi connectivity index (χ2n) is 6.72. The van der Waals surface area contributed by atoms with Gasteiger partial charge < -0.3 is 15.5 Å². The molecule has 1 saturated heterocycles. The first kappa shape index (κ1) is 18.0.